The van der Waals surface area contributed by atoms with Crippen molar-refractivity contribution in [2.45, 2.75) is 50.8 Å². The van der Waals surface area contributed by atoms with Gasteiger partial charge in [0.2, 0.25) is 0 Å². The molecule has 26 heavy (non-hydrogen) atoms. The molecular weight excluding hydrogens is 353 g/mol. The predicted octanol–water partition coefficient (Wildman–Crippen LogP) is 1.22. The van der Waals surface area contributed by atoms with Crippen molar-refractivity contribution in [3.05, 3.63) is 35.9 Å². The average molecular weight is 382 g/mol. The number of hydrogen-bond donors (Lipinski definition) is 0. The maximum atomic E-state index is 6.20. The summed E-state index contributed by atoms with van der Waals surface area (Å²) >= 11 is 0. The Morgan fingerprint density at radius 2 is 1.85 bits per heavy atom. The molecule has 1 aliphatic rings. The van der Waals surface area contributed by atoms with Crippen molar-refractivity contribution >= 4 is 23.0 Å². The van der Waals surface area contributed by atoms with E-state index >= 15 is 0 Å². The first kappa shape index (κ1) is 21.8. The standard InChI is InChI=1S/C17H29B2O6P/c1-17(2)23-11-13(22-10-12-8-6-5-7-9-12)14(24-17)15(25-26(18)19)16(20-3)21-4/h5-9,13-16H,10-11,18-19H2,1-4H3/t13-,14+,15+/m0/s1. The van der Waals surface area contributed by atoms with Crippen LogP contribution >= 0.6 is 7.91 Å². The highest BCUT2D eigenvalue weighted by atomic mass is 31.1. The van der Waals surface area contributed by atoms with Crippen LogP contribution in [0.4, 0.5) is 0 Å². The molecule has 3 atom stereocenters. The van der Waals surface area contributed by atoms with Crippen molar-refractivity contribution in [2.24, 2.45) is 0 Å². The normalized spacial score (nSPS) is 24.1. The van der Waals surface area contributed by atoms with Crippen molar-refractivity contribution in [3.8, 4) is 0 Å². The summed E-state index contributed by atoms with van der Waals surface area (Å²) in [6, 6.07) is 10.0. The number of hydrogen-bond acceptors (Lipinski definition) is 6. The summed E-state index contributed by atoms with van der Waals surface area (Å²) in [7, 11) is 6.62. The second kappa shape index (κ2) is 10.2. The highest BCUT2D eigenvalue weighted by Crippen LogP contribution is 2.35. The first-order valence-corrected chi connectivity index (χ1v) is 10.9. The Kier molecular flexibility index (Phi) is 8.55. The van der Waals surface area contributed by atoms with E-state index in [4.69, 9.17) is 28.2 Å². The molecule has 1 aromatic carbocycles. The van der Waals surface area contributed by atoms with Crippen molar-refractivity contribution < 1.29 is 28.2 Å². The van der Waals surface area contributed by atoms with Gasteiger partial charge in [-0.2, -0.15) is 0 Å². The summed E-state index contributed by atoms with van der Waals surface area (Å²) in [5, 5.41) is 0. The zero-order valence-electron chi connectivity index (χ0n) is 16.5. The molecule has 0 unspecified atom stereocenters. The van der Waals surface area contributed by atoms with Gasteiger partial charge in [0.05, 0.1) is 13.2 Å². The van der Waals surface area contributed by atoms with E-state index in [0.29, 0.717) is 13.2 Å². The van der Waals surface area contributed by atoms with Crippen LogP contribution in [0.2, 0.25) is 0 Å². The van der Waals surface area contributed by atoms with E-state index < -0.39 is 26.1 Å². The molecule has 0 radical (unpaired) electrons. The minimum Gasteiger partial charge on any atom is -0.368 e. The van der Waals surface area contributed by atoms with Gasteiger partial charge in [-0.1, -0.05) is 38.2 Å². The van der Waals surface area contributed by atoms with Gasteiger partial charge in [-0.15, -0.1) is 0 Å². The molecule has 1 aromatic rings. The van der Waals surface area contributed by atoms with E-state index in [0.717, 1.165) is 5.56 Å². The quantitative estimate of drug-likeness (QED) is 0.364. The highest BCUT2D eigenvalue weighted by Gasteiger charge is 2.45. The zero-order valence-corrected chi connectivity index (χ0v) is 17.4. The Hall–Kier alpha value is -0.460. The topological polar surface area (TPSA) is 55.4 Å². The van der Waals surface area contributed by atoms with Crippen molar-refractivity contribution in [2.75, 3.05) is 20.8 Å². The van der Waals surface area contributed by atoms with Crippen LogP contribution in [0, 0.1) is 0 Å². The van der Waals surface area contributed by atoms with Crippen LogP contribution in [0.25, 0.3) is 0 Å². The second-order valence-corrected chi connectivity index (χ2v) is 8.69. The molecule has 0 bridgehead atoms. The first-order chi connectivity index (χ1) is 12.4. The van der Waals surface area contributed by atoms with E-state index in [9.17, 15) is 0 Å². The monoisotopic (exact) mass is 382 g/mol. The molecule has 0 saturated carbocycles. The zero-order chi connectivity index (χ0) is 19.2. The summed E-state index contributed by atoms with van der Waals surface area (Å²) < 4.78 is 35.3. The molecule has 1 saturated heterocycles. The number of methoxy groups -OCH3 is 2. The summed E-state index contributed by atoms with van der Waals surface area (Å²) in [6.45, 7) is 4.66. The fourth-order valence-corrected chi connectivity index (χ4v) is 3.59. The number of rotatable bonds is 9. The lowest BCUT2D eigenvalue weighted by Crippen LogP contribution is -2.58. The molecule has 0 spiro atoms. The third kappa shape index (κ3) is 6.31. The average Bonchev–Trinajstić information content (AvgIpc) is 2.61. The third-order valence-corrected chi connectivity index (χ3v) is 4.74. The van der Waals surface area contributed by atoms with E-state index in [1.165, 1.54) is 0 Å². The van der Waals surface area contributed by atoms with Gasteiger partial charge in [-0.05, 0) is 19.4 Å². The van der Waals surface area contributed by atoms with E-state index in [1.54, 1.807) is 14.2 Å². The molecule has 2 rings (SSSR count). The van der Waals surface area contributed by atoms with Crippen molar-refractivity contribution in [1.29, 1.82) is 0 Å². The molecule has 6 nitrogen and oxygen atoms in total. The minimum absolute atomic E-state index is 0.295. The number of benzene rings is 1. The van der Waals surface area contributed by atoms with Gasteiger partial charge in [0.15, 0.2) is 27.2 Å². The minimum atomic E-state index is -0.727. The van der Waals surface area contributed by atoms with Gasteiger partial charge in [0, 0.05) is 14.2 Å². The van der Waals surface area contributed by atoms with Crippen molar-refractivity contribution in [1.82, 2.24) is 0 Å². The van der Waals surface area contributed by atoms with Crippen LogP contribution in [0.3, 0.4) is 0 Å². The van der Waals surface area contributed by atoms with Crippen LogP contribution in [0.15, 0.2) is 30.3 Å². The SMILES string of the molecule is BP(B)O[C@@H](C(OC)OC)[C@@H]1OC(C)(C)OC[C@@H]1OCc1ccccc1. The van der Waals surface area contributed by atoms with Crippen molar-refractivity contribution in [3.63, 3.8) is 0 Å². The maximum Gasteiger partial charge on any atom is 0.185 e. The van der Waals surface area contributed by atoms with Crippen LogP contribution in [-0.4, -0.2) is 66.3 Å². The molecule has 0 aromatic heterocycles. The van der Waals surface area contributed by atoms with Gasteiger partial charge >= 0.3 is 0 Å². The fourth-order valence-electron chi connectivity index (χ4n) is 2.89. The maximum absolute atomic E-state index is 6.20. The second-order valence-electron chi connectivity index (χ2n) is 6.85. The molecule has 1 aliphatic heterocycles. The molecule has 9 heteroatoms. The summed E-state index contributed by atoms with van der Waals surface area (Å²) in [6.07, 6.45) is -1.65. The van der Waals surface area contributed by atoms with Crippen LogP contribution in [-0.2, 0) is 34.8 Å². The molecule has 0 aliphatic carbocycles. The summed E-state index contributed by atoms with van der Waals surface area (Å²) in [5.41, 5.74) is 1.09. The predicted molar refractivity (Wildman–Crippen MR) is 107 cm³/mol. The summed E-state index contributed by atoms with van der Waals surface area (Å²) in [4.78, 5) is 0. The molecular formula is C17H29B2O6P. The lowest BCUT2D eigenvalue weighted by Gasteiger charge is -2.45. The molecule has 0 N–H and O–H groups in total. The van der Waals surface area contributed by atoms with Gasteiger partial charge < -0.3 is 28.2 Å². The van der Waals surface area contributed by atoms with Gasteiger partial charge in [0.1, 0.15) is 18.3 Å². The largest absolute Gasteiger partial charge is 0.368 e. The van der Waals surface area contributed by atoms with Gasteiger partial charge in [-0.3, -0.25) is 0 Å². The smallest absolute Gasteiger partial charge is 0.185 e. The Labute approximate surface area is 159 Å². The van der Waals surface area contributed by atoms with E-state index in [2.05, 4.69) is 0 Å². The fraction of sp³-hybridized carbons (Fsp3) is 0.647. The Morgan fingerprint density at radius 3 is 2.42 bits per heavy atom. The highest BCUT2D eigenvalue weighted by molar-refractivity contribution is 7.97. The lowest BCUT2D eigenvalue weighted by molar-refractivity contribution is -0.337. The van der Waals surface area contributed by atoms with Crippen LogP contribution in [0.1, 0.15) is 19.4 Å². The molecule has 144 valence electrons. The third-order valence-electron chi connectivity index (χ3n) is 4.08. The lowest BCUT2D eigenvalue weighted by atomic mass is 10.1. The molecule has 0 amide bonds. The Morgan fingerprint density at radius 1 is 1.19 bits per heavy atom. The molecule has 1 fully saturated rings. The van der Waals surface area contributed by atoms with E-state index in [-0.39, 0.29) is 12.2 Å². The van der Waals surface area contributed by atoms with E-state index in [1.807, 2.05) is 59.3 Å². The molecule has 1 heterocycles. The first-order valence-electron chi connectivity index (χ1n) is 8.73. The van der Waals surface area contributed by atoms with Crippen LogP contribution < -0.4 is 0 Å². The van der Waals surface area contributed by atoms with Gasteiger partial charge in [-0.25, -0.2) is 0 Å². The van der Waals surface area contributed by atoms with Gasteiger partial charge in [0.25, 0.3) is 0 Å². The number of ether oxygens (including phenoxy) is 5. The van der Waals surface area contributed by atoms with Crippen LogP contribution in [0.5, 0.6) is 0 Å². The summed E-state index contributed by atoms with van der Waals surface area (Å²) in [5.74, 6) is -0.727. The Bertz CT molecular complexity index is 529. The Balaban J connectivity index is 2.17.